The normalized spacial score (nSPS) is 22.8. The summed E-state index contributed by atoms with van der Waals surface area (Å²) in [5, 5.41) is 5.73. The number of imide groups is 1. The summed E-state index contributed by atoms with van der Waals surface area (Å²) in [4.78, 5) is 37.5. The summed E-state index contributed by atoms with van der Waals surface area (Å²) in [5.74, 6) is 0.520. The minimum Gasteiger partial charge on any atom is -0.496 e. The van der Waals surface area contributed by atoms with Gasteiger partial charge in [0.05, 0.1) is 17.2 Å². The van der Waals surface area contributed by atoms with Crippen molar-refractivity contribution in [3.8, 4) is 5.75 Å². The fourth-order valence-electron chi connectivity index (χ4n) is 3.75. The Balaban J connectivity index is 1.57. The third kappa shape index (κ3) is 4.20. The highest BCUT2D eigenvalue weighted by Gasteiger charge is 2.42. The molecule has 3 rings (SSSR count). The molecule has 1 aromatic rings. The van der Waals surface area contributed by atoms with Crippen molar-refractivity contribution in [1.29, 1.82) is 0 Å². The van der Waals surface area contributed by atoms with Crippen LogP contribution in [-0.2, 0) is 9.59 Å². The fraction of sp³-hybridized carbons (Fsp3) is 0.526. The first-order valence-electron chi connectivity index (χ1n) is 9.18. The summed E-state index contributed by atoms with van der Waals surface area (Å²) < 4.78 is 5.44. The largest absolute Gasteiger partial charge is 0.496 e. The van der Waals surface area contributed by atoms with E-state index >= 15 is 0 Å². The van der Waals surface area contributed by atoms with Crippen LogP contribution in [0.1, 0.15) is 44.1 Å². The van der Waals surface area contributed by atoms with E-state index in [4.69, 9.17) is 27.9 Å². The van der Waals surface area contributed by atoms with Gasteiger partial charge in [-0.1, -0.05) is 23.2 Å². The summed E-state index contributed by atoms with van der Waals surface area (Å²) in [6.07, 6.45) is 2.04. The second-order valence-electron chi connectivity index (χ2n) is 7.40. The van der Waals surface area contributed by atoms with Gasteiger partial charge >= 0.3 is 6.03 Å². The standard InChI is InChI=1S/C19H23Cl2N3O4/c1-19(17(26)22-18(27)23-19)6-3-16(25)24-7-4-11(5-8-24)12-9-13(20)14(21)10-15(12)28-2/h9-11H,3-8H2,1-2H3,(H2,22,23,26,27)/t19-/m1/s1. The van der Waals surface area contributed by atoms with E-state index in [1.165, 1.54) is 0 Å². The van der Waals surface area contributed by atoms with E-state index in [0.717, 1.165) is 18.4 Å². The Labute approximate surface area is 173 Å². The van der Waals surface area contributed by atoms with E-state index < -0.39 is 17.5 Å². The zero-order chi connectivity index (χ0) is 20.5. The predicted molar refractivity (Wildman–Crippen MR) is 106 cm³/mol. The first-order valence-corrected chi connectivity index (χ1v) is 9.93. The van der Waals surface area contributed by atoms with Crippen molar-refractivity contribution in [2.75, 3.05) is 20.2 Å². The molecule has 2 aliphatic rings. The number of carbonyl (C=O) groups is 3. The van der Waals surface area contributed by atoms with Crippen LogP contribution >= 0.6 is 23.2 Å². The van der Waals surface area contributed by atoms with Crippen LogP contribution in [-0.4, -0.2) is 48.5 Å². The first kappa shape index (κ1) is 20.7. The maximum atomic E-state index is 12.6. The van der Waals surface area contributed by atoms with Gasteiger partial charge in [-0.05, 0) is 43.7 Å². The predicted octanol–water partition coefficient (Wildman–Crippen LogP) is 3.09. The maximum absolute atomic E-state index is 12.6. The monoisotopic (exact) mass is 427 g/mol. The molecule has 2 heterocycles. The Morgan fingerprint density at radius 1 is 1.25 bits per heavy atom. The van der Waals surface area contributed by atoms with Crippen LogP contribution in [0.3, 0.4) is 0 Å². The zero-order valence-electron chi connectivity index (χ0n) is 15.8. The van der Waals surface area contributed by atoms with Crippen LogP contribution in [0.2, 0.25) is 10.0 Å². The number of nitrogens with zero attached hydrogens (tertiary/aromatic N) is 1. The number of likely N-dealkylation sites (tertiary alicyclic amines) is 1. The molecule has 0 aromatic heterocycles. The molecule has 2 fully saturated rings. The molecule has 0 saturated carbocycles. The van der Waals surface area contributed by atoms with Gasteiger partial charge in [-0.15, -0.1) is 0 Å². The van der Waals surface area contributed by atoms with Gasteiger partial charge < -0.3 is 15.0 Å². The van der Waals surface area contributed by atoms with Crippen molar-refractivity contribution in [2.45, 2.75) is 44.1 Å². The van der Waals surface area contributed by atoms with Crippen LogP contribution in [0.15, 0.2) is 12.1 Å². The van der Waals surface area contributed by atoms with Crippen molar-refractivity contribution in [3.05, 3.63) is 27.7 Å². The number of methoxy groups -OCH3 is 1. The number of hydrogen-bond donors (Lipinski definition) is 2. The number of piperidine rings is 1. The van der Waals surface area contributed by atoms with Crippen molar-refractivity contribution >= 4 is 41.0 Å². The molecule has 1 atom stereocenters. The molecule has 2 saturated heterocycles. The molecule has 4 amide bonds. The summed E-state index contributed by atoms with van der Waals surface area (Å²) >= 11 is 12.2. The van der Waals surface area contributed by atoms with Crippen molar-refractivity contribution in [3.63, 3.8) is 0 Å². The number of urea groups is 1. The van der Waals surface area contributed by atoms with E-state index in [-0.39, 0.29) is 24.7 Å². The Hall–Kier alpha value is -1.99. The molecule has 152 valence electrons. The third-order valence-electron chi connectivity index (χ3n) is 5.52. The lowest BCUT2D eigenvalue weighted by Crippen LogP contribution is -2.45. The van der Waals surface area contributed by atoms with E-state index in [1.54, 1.807) is 25.0 Å². The quantitative estimate of drug-likeness (QED) is 0.706. The van der Waals surface area contributed by atoms with Crippen molar-refractivity contribution in [1.82, 2.24) is 15.5 Å². The van der Waals surface area contributed by atoms with Crippen LogP contribution in [0.4, 0.5) is 4.79 Å². The average Bonchev–Trinajstić information content (AvgIpc) is 2.93. The molecule has 0 bridgehead atoms. The van der Waals surface area contributed by atoms with E-state index in [9.17, 15) is 14.4 Å². The van der Waals surface area contributed by atoms with Gasteiger partial charge in [-0.25, -0.2) is 4.79 Å². The summed E-state index contributed by atoms with van der Waals surface area (Å²) in [7, 11) is 1.60. The lowest BCUT2D eigenvalue weighted by molar-refractivity contribution is -0.133. The number of nitrogens with one attached hydrogen (secondary N) is 2. The van der Waals surface area contributed by atoms with Crippen LogP contribution < -0.4 is 15.4 Å². The SMILES string of the molecule is COc1cc(Cl)c(Cl)cc1C1CCN(C(=O)CC[C@@]2(C)NC(=O)NC2=O)CC1. The maximum Gasteiger partial charge on any atom is 0.322 e. The topological polar surface area (TPSA) is 87.7 Å². The molecule has 9 heteroatoms. The van der Waals surface area contributed by atoms with Crippen molar-refractivity contribution < 1.29 is 19.1 Å². The smallest absolute Gasteiger partial charge is 0.322 e. The highest BCUT2D eigenvalue weighted by Crippen LogP contribution is 2.39. The third-order valence-corrected chi connectivity index (χ3v) is 6.24. The van der Waals surface area contributed by atoms with Gasteiger partial charge in [0, 0.05) is 25.6 Å². The van der Waals surface area contributed by atoms with Crippen molar-refractivity contribution in [2.24, 2.45) is 0 Å². The summed E-state index contributed by atoms with van der Waals surface area (Å²) in [6.45, 7) is 2.85. The molecule has 2 aliphatic heterocycles. The second kappa shape index (κ2) is 8.17. The molecule has 0 unspecified atom stereocenters. The molecular weight excluding hydrogens is 405 g/mol. The number of hydrogen-bond acceptors (Lipinski definition) is 4. The van der Waals surface area contributed by atoms with Gasteiger partial charge in [0.25, 0.3) is 5.91 Å². The second-order valence-corrected chi connectivity index (χ2v) is 8.22. The lowest BCUT2D eigenvalue weighted by Gasteiger charge is -2.33. The first-order chi connectivity index (χ1) is 13.2. The Kier molecular flexibility index (Phi) is 6.05. The molecule has 0 spiro atoms. The Bertz CT molecular complexity index is 809. The number of rotatable bonds is 5. The number of amides is 4. The summed E-state index contributed by atoms with van der Waals surface area (Å²) in [6, 6.07) is 3.04. The molecule has 7 nitrogen and oxygen atoms in total. The lowest BCUT2D eigenvalue weighted by atomic mass is 9.88. The minimum absolute atomic E-state index is 0.0188. The number of benzene rings is 1. The number of halogens is 2. The molecule has 2 N–H and O–H groups in total. The highest BCUT2D eigenvalue weighted by atomic mass is 35.5. The van der Waals surface area contributed by atoms with Crippen LogP contribution in [0.5, 0.6) is 5.75 Å². The molecule has 28 heavy (non-hydrogen) atoms. The van der Waals surface area contributed by atoms with Gasteiger partial charge in [0.15, 0.2) is 0 Å². The Morgan fingerprint density at radius 3 is 2.46 bits per heavy atom. The van der Waals surface area contributed by atoms with Gasteiger partial charge in [-0.2, -0.15) is 0 Å². The van der Waals surface area contributed by atoms with Gasteiger partial charge in [-0.3, -0.25) is 14.9 Å². The van der Waals surface area contributed by atoms with E-state index in [1.807, 2.05) is 6.07 Å². The molecule has 1 aromatic carbocycles. The van der Waals surface area contributed by atoms with Crippen LogP contribution in [0.25, 0.3) is 0 Å². The van der Waals surface area contributed by atoms with E-state index in [2.05, 4.69) is 10.6 Å². The average molecular weight is 428 g/mol. The molecule has 0 aliphatic carbocycles. The fourth-order valence-corrected chi connectivity index (χ4v) is 4.08. The van der Waals surface area contributed by atoms with E-state index in [0.29, 0.717) is 28.9 Å². The Morgan fingerprint density at radius 2 is 1.89 bits per heavy atom. The molecule has 0 radical (unpaired) electrons. The van der Waals surface area contributed by atoms with Gasteiger partial charge in [0.1, 0.15) is 11.3 Å². The number of ether oxygens (including phenoxy) is 1. The van der Waals surface area contributed by atoms with Gasteiger partial charge in [0.2, 0.25) is 5.91 Å². The van der Waals surface area contributed by atoms with Crippen LogP contribution in [0, 0.1) is 0 Å². The molecular formula is C19H23Cl2N3O4. The summed E-state index contributed by atoms with van der Waals surface area (Å²) in [5.41, 5.74) is -0.0276. The number of carbonyl (C=O) groups excluding carboxylic acids is 3. The highest BCUT2D eigenvalue weighted by molar-refractivity contribution is 6.42. The zero-order valence-corrected chi connectivity index (χ0v) is 17.3. The minimum atomic E-state index is -1.03.